The Labute approximate surface area is 99.4 Å². The van der Waals surface area contributed by atoms with E-state index in [1.165, 1.54) is 4.90 Å². The molecular weight excluding hydrogens is 228 g/mol. The molecule has 3 atom stereocenters. The molecule has 0 aromatic heterocycles. The van der Waals surface area contributed by atoms with Gasteiger partial charge in [-0.05, 0) is 13.8 Å². The number of ether oxygens (including phenoxy) is 1. The van der Waals surface area contributed by atoms with Crippen molar-refractivity contribution in [1.82, 2.24) is 10.2 Å². The second-order valence-corrected chi connectivity index (χ2v) is 4.19. The average molecular weight is 246 g/mol. The fraction of sp³-hybridized carbons (Fsp3) is 0.800. The molecule has 0 saturated carbocycles. The van der Waals surface area contributed by atoms with E-state index < -0.39 is 24.6 Å². The van der Waals surface area contributed by atoms with Gasteiger partial charge in [-0.2, -0.15) is 0 Å². The molecule has 0 radical (unpaired) electrons. The minimum atomic E-state index is -1.27. The Balaban J connectivity index is 2.54. The second kappa shape index (κ2) is 5.83. The van der Waals surface area contributed by atoms with Gasteiger partial charge in [-0.15, -0.1) is 0 Å². The van der Waals surface area contributed by atoms with E-state index in [0.29, 0.717) is 13.1 Å². The first-order valence-corrected chi connectivity index (χ1v) is 5.48. The Bertz CT molecular complexity index is 286. The summed E-state index contributed by atoms with van der Waals surface area (Å²) in [7, 11) is 0. The highest BCUT2D eigenvalue weighted by molar-refractivity contribution is 5.82. The molecule has 1 aliphatic rings. The third kappa shape index (κ3) is 3.86. The van der Waals surface area contributed by atoms with E-state index in [1.807, 2.05) is 13.8 Å². The van der Waals surface area contributed by atoms with E-state index in [0.717, 1.165) is 0 Å². The summed E-state index contributed by atoms with van der Waals surface area (Å²) < 4.78 is 5.46. The van der Waals surface area contributed by atoms with Crippen LogP contribution in [0.5, 0.6) is 0 Å². The van der Waals surface area contributed by atoms with Gasteiger partial charge in [-0.3, -0.25) is 0 Å². The van der Waals surface area contributed by atoms with Gasteiger partial charge in [0.15, 0.2) is 6.04 Å². The van der Waals surface area contributed by atoms with Gasteiger partial charge < -0.3 is 25.2 Å². The number of hydrogen-bond donors (Lipinski definition) is 3. The van der Waals surface area contributed by atoms with Crippen LogP contribution >= 0.6 is 0 Å². The van der Waals surface area contributed by atoms with Gasteiger partial charge in [-0.25, -0.2) is 9.59 Å². The molecule has 0 aliphatic carbocycles. The van der Waals surface area contributed by atoms with Gasteiger partial charge in [-0.1, -0.05) is 0 Å². The lowest BCUT2D eigenvalue weighted by Crippen LogP contribution is -2.55. The summed E-state index contributed by atoms with van der Waals surface area (Å²) in [6, 6.07) is -1.76. The first kappa shape index (κ1) is 13.7. The molecular formula is C10H18N2O5. The number of morpholine rings is 1. The van der Waals surface area contributed by atoms with Crippen molar-refractivity contribution in [3.8, 4) is 0 Å². The summed E-state index contributed by atoms with van der Waals surface area (Å²) in [5, 5.41) is 19.8. The van der Waals surface area contributed by atoms with Crippen molar-refractivity contribution in [2.45, 2.75) is 32.1 Å². The van der Waals surface area contributed by atoms with Crippen LogP contribution in [0, 0.1) is 0 Å². The molecule has 1 heterocycles. The first-order valence-electron chi connectivity index (χ1n) is 5.48. The number of urea groups is 1. The highest BCUT2D eigenvalue weighted by atomic mass is 16.5. The van der Waals surface area contributed by atoms with Crippen LogP contribution in [0.3, 0.4) is 0 Å². The quantitative estimate of drug-likeness (QED) is 0.608. The highest BCUT2D eigenvalue weighted by Crippen LogP contribution is 2.10. The van der Waals surface area contributed by atoms with Crippen molar-refractivity contribution in [3.63, 3.8) is 0 Å². The molecule has 7 nitrogen and oxygen atoms in total. The number of aliphatic carboxylic acids is 1. The summed E-state index contributed by atoms with van der Waals surface area (Å²) in [5.41, 5.74) is 0. The van der Waals surface area contributed by atoms with E-state index in [1.54, 1.807) is 0 Å². The Morgan fingerprint density at radius 2 is 1.94 bits per heavy atom. The second-order valence-electron chi connectivity index (χ2n) is 4.19. The van der Waals surface area contributed by atoms with Gasteiger partial charge in [0.1, 0.15) is 0 Å². The normalized spacial score (nSPS) is 26.4. The standard InChI is InChI=1S/C10H18N2O5/c1-6-3-12(4-7(2)17-6)10(16)11-8(5-13)9(14)15/h6-8,13H,3-5H2,1-2H3,(H,11,16)(H,14,15). The summed E-state index contributed by atoms with van der Waals surface area (Å²) in [6.45, 7) is 3.88. The highest BCUT2D eigenvalue weighted by Gasteiger charge is 2.28. The third-order valence-corrected chi connectivity index (χ3v) is 2.49. The molecule has 0 aromatic carbocycles. The van der Waals surface area contributed by atoms with Crippen LogP contribution in [0.1, 0.15) is 13.8 Å². The number of rotatable bonds is 3. The first-order chi connectivity index (χ1) is 7.93. The van der Waals surface area contributed by atoms with Crippen molar-refractivity contribution in [1.29, 1.82) is 0 Å². The minimum Gasteiger partial charge on any atom is -0.480 e. The van der Waals surface area contributed by atoms with Crippen molar-refractivity contribution >= 4 is 12.0 Å². The van der Waals surface area contributed by atoms with Crippen LogP contribution in [-0.2, 0) is 9.53 Å². The maximum absolute atomic E-state index is 11.7. The molecule has 98 valence electrons. The fourth-order valence-electron chi connectivity index (χ4n) is 1.77. The van der Waals surface area contributed by atoms with E-state index in [4.69, 9.17) is 14.9 Å². The van der Waals surface area contributed by atoms with E-state index >= 15 is 0 Å². The van der Waals surface area contributed by atoms with E-state index in [9.17, 15) is 9.59 Å². The summed E-state index contributed by atoms with van der Waals surface area (Å²) in [4.78, 5) is 23.9. The lowest BCUT2D eigenvalue weighted by molar-refractivity contribution is -0.140. The molecule has 7 heteroatoms. The minimum absolute atomic E-state index is 0.0816. The van der Waals surface area contributed by atoms with E-state index in [-0.39, 0.29) is 12.2 Å². The van der Waals surface area contributed by atoms with Crippen molar-refractivity contribution in [2.75, 3.05) is 19.7 Å². The van der Waals surface area contributed by atoms with Crippen LogP contribution in [-0.4, -0.2) is 65.1 Å². The smallest absolute Gasteiger partial charge is 0.328 e. The summed E-state index contributed by atoms with van der Waals surface area (Å²) in [6.07, 6.45) is -0.163. The Hall–Kier alpha value is -1.34. The molecule has 0 aromatic rings. The maximum atomic E-state index is 11.7. The third-order valence-electron chi connectivity index (χ3n) is 2.49. The predicted octanol–water partition coefficient (Wildman–Crippen LogP) is -0.749. The molecule has 3 unspecified atom stereocenters. The van der Waals surface area contributed by atoms with Gasteiger partial charge in [0.2, 0.25) is 0 Å². The van der Waals surface area contributed by atoms with Gasteiger partial charge in [0, 0.05) is 13.1 Å². The molecule has 1 fully saturated rings. The number of aliphatic hydroxyl groups is 1. The van der Waals surface area contributed by atoms with Crippen LogP contribution in [0.15, 0.2) is 0 Å². The van der Waals surface area contributed by atoms with Crippen LogP contribution in [0.4, 0.5) is 4.79 Å². The molecule has 0 spiro atoms. The zero-order valence-electron chi connectivity index (χ0n) is 9.92. The Kier molecular flexibility index (Phi) is 4.71. The largest absolute Gasteiger partial charge is 0.480 e. The van der Waals surface area contributed by atoms with Crippen molar-refractivity contribution in [2.24, 2.45) is 0 Å². The molecule has 2 amide bonds. The van der Waals surface area contributed by atoms with Crippen molar-refractivity contribution in [3.05, 3.63) is 0 Å². The number of carbonyl (C=O) groups excluding carboxylic acids is 1. The number of amides is 2. The molecule has 1 aliphatic heterocycles. The number of carboxylic acids is 1. The van der Waals surface area contributed by atoms with Crippen molar-refractivity contribution < 1.29 is 24.5 Å². The SMILES string of the molecule is CC1CN(C(=O)NC(CO)C(=O)O)CC(C)O1. The Morgan fingerprint density at radius 3 is 2.35 bits per heavy atom. The molecule has 17 heavy (non-hydrogen) atoms. The topological polar surface area (TPSA) is 99.1 Å². The van der Waals surface area contributed by atoms with Gasteiger partial charge in [0.05, 0.1) is 18.8 Å². The Morgan fingerprint density at radius 1 is 1.41 bits per heavy atom. The average Bonchev–Trinajstić information content (AvgIpc) is 2.23. The molecule has 0 bridgehead atoms. The maximum Gasteiger partial charge on any atom is 0.328 e. The summed E-state index contributed by atoms with van der Waals surface area (Å²) in [5.74, 6) is -1.25. The molecule has 1 saturated heterocycles. The number of nitrogens with zero attached hydrogens (tertiary/aromatic N) is 1. The number of nitrogens with one attached hydrogen (secondary N) is 1. The lowest BCUT2D eigenvalue weighted by atomic mass is 10.2. The predicted molar refractivity (Wildman–Crippen MR) is 58.6 cm³/mol. The van der Waals surface area contributed by atoms with Crippen LogP contribution < -0.4 is 5.32 Å². The van der Waals surface area contributed by atoms with Crippen LogP contribution in [0.25, 0.3) is 0 Å². The fourth-order valence-corrected chi connectivity index (χ4v) is 1.77. The monoisotopic (exact) mass is 246 g/mol. The van der Waals surface area contributed by atoms with Gasteiger partial charge in [0.25, 0.3) is 0 Å². The zero-order valence-corrected chi connectivity index (χ0v) is 9.92. The van der Waals surface area contributed by atoms with Crippen LogP contribution in [0.2, 0.25) is 0 Å². The number of hydrogen-bond acceptors (Lipinski definition) is 4. The lowest BCUT2D eigenvalue weighted by Gasteiger charge is -2.35. The number of carboxylic acid groups (broad SMARTS) is 1. The molecule has 1 rings (SSSR count). The van der Waals surface area contributed by atoms with Gasteiger partial charge >= 0.3 is 12.0 Å². The molecule has 3 N–H and O–H groups in total. The van der Waals surface area contributed by atoms with E-state index in [2.05, 4.69) is 5.32 Å². The zero-order chi connectivity index (χ0) is 13.0. The number of aliphatic hydroxyl groups excluding tert-OH is 1. The summed E-state index contributed by atoms with van der Waals surface area (Å²) >= 11 is 0. The number of carbonyl (C=O) groups is 2.